The van der Waals surface area contributed by atoms with E-state index in [2.05, 4.69) is 36.3 Å². The number of hydrogen-bond donors (Lipinski definition) is 4. The molecule has 1 fully saturated rings. The predicted molar refractivity (Wildman–Crippen MR) is 184 cm³/mol. The number of nitrogens with two attached hydrogens (primary N) is 1. The Kier molecular flexibility index (Phi) is 9.29. The van der Waals surface area contributed by atoms with Crippen molar-refractivity contribution in [2.24, 2.45) is 13.0 Å². The van der Waals surface area contributed by atoms with Crippen LogP contribution < -0.4 is 26.8 Å². The molecule has 5 N–H and O–H groups in total. The van der Waals surface area contributed by atoms with Crippen molar-refractivity contribution in [3.8, 4) is 11.3 Å². The fourth-order valence-corrected chi connectivity index (χ4v) is 5.88. The maximum atomic E-state index is 13.1. The van der Waals surface area contributed by atoms with Crippen LogP contribution in [0.4, 0.5) is 28.6 Å². The van der Waals surface area contributed by atoms with E-state index >= 15 is 0 Å². The van der Waals surface area contributed by atoms with Gasteiger partial charge in [-0.15, -0.1) is 0 Å². The number of nitrogen functional groups attached to an aromatic ring is 1. The summed E-state index contributed by atoms with van der Waals surface area (Å²) in [6.07, 6.45) is 4.60. The van der Waals surface area contributed by atoms with Crippen molar-refractivity contribution in [3.05, 3.63) is 93.9 Å². The second kappa shape index (κ2) is 13.2. The van der Waals surface area contributed by atoms with Crippen LogP contribution in [0.3, 0.4) is 0 Å². The van der Waals surface area contributed by atoms with Gasteiger partial charge in [-0.3, -0.25) is 9.59 Å². The van der Waals surface area contributed by atoms with Crippen molar-refractivity contribution >= 4 is 34.5 Å². The van der Waals surface area contributed by atoms with E-state index in [9.17, 15) is 14.7 Å². The highest BCUT2D eigenvalue weighted by atomic mass is 16.3. The van der Waals surface area contributed by atoms with Crippen LogP contribution >= 0.6 is 0 Å². The van der Waals surface area contributed by atoms with Gasteiger partial charge in [-0.1, -0.05) is 45.0 Å². The van der Waals surface area contributed by atoms with Crippen LogP contribution in [0, 0.1) is 12.8 Å². The summed E-state index contributed by atoms with van der Waals surface area (Å²) >= 11 is 0. The van der Waals surface area contributed by atoms with Gasteiger partial charge in [-0.2, -0.15) is 0 Å². The third-order valence-corrected chi connectivity index (χ3v) is 8.73. The molecule has 236 valence electrons. The molecule has 0 atom stereocenters. The van der Waals surface area contributed by atoms with Crippen LogP contribution in [0.2, 0.25) is 0 Å². The molecule has 45 heavy (non-hydrogen) atoms. The van der Waals surface area contributed by atoms with Crippen molar-refractivity contribution in [1.29, 1.82) is 0 Å². The second-order valence-corrected chi connectivity index (χ2v) is 13.0. The average molecular weight is 609 g/mol. The third kappa shape index (κ3) is 7.20. The van der Waals surface area contributed by atoms with Crippen molar-refractivity contribution in [2.75, 3.05) is 41.0 Å². The standard InChI is InChI=1S/C36H44N6O3/c1-23-28(7-6-8-30(23)40-34(44)25-9-11-26(12-10-25)36(2,3)4)31-22-41(5)35(45)33(39-31)38-27-13-14-32(29(37)21-27)42-18-15-24(16-19-42)17-20-43/h6-14,21-22,24,43H,15-20,37H2,1-5H3,(H,38,39)(H,40,44). The Balaban J connectivity index is 1.35. The Labute approximate surface area is 265 Å². The van der Waals surface area contributed by atoms with Gasteiger partial charge in [-0.25, -0.2) is 4.98 Å². The summed E-state index contributed by atoms with van der Waals surface area (Å²) in [5.41, 5.74) is 13.1. The predicted octanol–water partition coefficient (Wildman–Crippen LogP) is 6.23. The van der Waals surface area contributed by atoms with E-state index < -0.39 is 0 Å². The molecule has 0 unspecified atom stereocenters. The molecule has 1 amide bonds. The van der Waals surface area contributed by atoms with E-state index in [1.165, 1.54) is 4.57 Å². The number of anilines is 5. The minimum Gasteiger partial charge on any atom is -0.397 e. The fourth-order valence-electron chi connectivity index (χ4n) is 5.88. The maximum absolute atomic E-state index is 13.1. The summed E-state index contributed by atoms with van der Waals surface area (Å²) in [6.45, 7) is 10.4. The molecule has 0 radical (unpaired) electrons. The Morgan fingerprint density at radius 2 is 1.78 bits per heavy atom. The number of carbonyl (C=O) groups is 1. The SMILES string of the molecule is Cc1c(NC(=O)c2ccc(C(C)(C)C)cc2)cccc1-c1cn(C)c(=O)c(Nc2ccc(N3CCC(CCO)CC3)c(N)c2)n1. The Morgan fingerprint density at radius 1 is 1.07 bits per heavy atom. The van der Waals surface area contributed by atoms with Crippen LogP contribution in [0.15, 0.2) is 71.7 Å². The molecule has 2 heterocycles. The average Bonchev–Trinajstić information content (AvgIpc) is 3.01. The number of aliphatic hydroxyl groups excluding tert-OH is 1. The smallest absolute Gasteiger partial charge is 0.293 e. The first-order valence-electron chi connectivity index (χ1n) is 15.6. The first kappa shape index (κ1) is 31.8. The molecule has 1 aliphatic rings. The molecule has 0 aliphatic carbocycles. The Hall–Kier alpha value is -4.63. The topological polar surface area (TPSA) is 126 Å². The lowest BCUT2D eigenvalue weighted by molar-refractivity contribution is 0.102. The van der Waals surface area contributed by atoms with Gasteiger partial charge in [0.25, 0.3) is 11.5 Å². The lowest BCUT2D eigenvalue weighted by atomic mass is 9.86. The summed E-state index contributed by atoms with van der Waals surface area (Å²) in [5, 5.41) is 15.5. The van der Waals surface area contributed by atoms with Crippen LogP contribution in [0.5, 0.6) is 0 Å². The molecule has 1 aromatic heterocycles. The molecule has 9 heteroatoms. The van der Waals surface area contributed by atoms with Crippen LogP contribution in [0.25, 0.3) is 11.3 Å². The molecule has 1 aliphatic heterocycles. The minimum atomic E-state index is -0.270. The number of aromatic nitrogens is 2. The molecule has 9 nitrogen and oxygen atoms in total. The molecule has 0 bridgehead atoms. The highest BCUT2D eigenvalue weighted by Gasteiger charge is 2.21. The molecular weight excluding hydrogens is 564 g/mol. The molecular formula is C36H44N6O3. The molecule has 4 aromatic rings. The number of aliphatic hydroxyl groups is 1. The summed E-state index contributed by atoms with van der Waals surface area (Å²) in [4.78, 5) is 33.2. The summed E-state index contributed by atoms with van der Waals surface area (Å²) in [5.74, 6) is 0.538. The highest BCUT2D eigenvalue weighted by molar-refractivity contribution is 6.05. The van der Waals surface area contributed by atoms with Gasteiger partial charge >= 0.3 is 0 Å². The normalized spacial score (nSPS) is 14.0. The van der Waals surface area contributed by atoms with E-state index in [0.717, 1.165) is 54.7 Å². The monoisotopic (exact) mass is 608 g/mol. The van der Waals surface area contributed by atoms with E-state index in [4.69, 9.17) is 10.7 Å². The second-order valence-electron chi connectivity index (χ2n) is 13.0. The van der Waals surface area contributed by atoms with Crippen LogP contribution in [-0.4, -0.2) is 40.3 Å². The number of carbonyl (C=O) groups excluding carboxylic acids is 1. The lowest BCUT2D eigenvalue weighted by Crippen LogP contribution is -2.34. The van der Waals surface area contributed by atoms with Gasteiger partial charge in [-0.05, 0) is 85.0 Å². The van der Waals surface area contributed by atoms with Crippen LogP contribution in [0.1, 0.15) is 61.5 Å². The Morgan fingerprint density at radius 3 is 2.42 bits per heavy atom. The summed E-state index contributed by atoms with van der Waals surface area (Å²) in [6, 6.07) is 19.1. The van der Waals surface area contributed by atoms with Crippen LogP contribution in [-0.2, 0) is 12.5 Å². The molecule has 3 aromatic carbocycles. The minimum absolute atomic E-state index is 0.00528. The molecule has 0 saturated carbocycles. The number of piperidine rings is 1. The third-order valence-electron chi connectivity index (χ3n) is 8.73. The van der Waals surface area contributed by atoms with Gasteiger partial charge < -0.3 is 30.9 Å². The van der Waals surface area contributed by atoms with Gasteiger partial charge in [0, 0.05) is 55.4 Å². The highest BCUT2D eigenvalue weighted by Crippen LogP contribution is 2.33. The first-order valence-corrected chi connectivity index (χ1v) is 15.6. The quantitative estimate of drug-likeness (QED) is 0.175. The molecule has 1 saturated heterocycles. The zero-order chi connectivity index (χ0) is 32.3. The van der Waals surface area contributed by atoms with Gasteiger partial charge in [0.2, 0.25) is 0 Å². The number of hydrogen-bond acceptors (Lipinski definition) is 7. The van der Waals surface area contributed by atoms with Crippen molar-refractivity contribution in [2.45, 2.75) is 52.4 Å². The summed E-state index contributed by atoms with van der Waals surface area (Å²) in [7, 11) is 1.69. The Bertz CT molecular complexity index is 1730. The van der Waals surface area contributed by atoms with E-state index in [-0.39, 0.29) is 29.3 Å². The fraction of sp³-hybridized carbons (Fsp3) is 0.361. The van der Waals surface area contributed by atoms with Crippen molar-refractivity contribution in [1.82, 2.24) is 9.55 Å². The van der Waals surface area contributed by atoms with E-state index in [1.807, 2.05) is 67.6 Å². The zero-order valence-corrected chi connectivity index (χ0v) is 26.9. The van der Waals surface area contributed by atoms with Gasteiger partial charge in [0.05, 0.1) is 17.1 Å². The number of nitrogens with one attached hydrogen (secondary N) is 2. The number of aryl methyl sites for hydroxylation is 1. The van der Waals surface area contributed by atoms with Crippen molar-refractivity contribution < 1.29 is 9.90 Å². The maximum Gasteiger partial charge on any atom is 0.293 e. The molecule has 0 spiro atoms. The number of rotatable bonds is 8. The van der Waals surface area contributed by atoms with Gasteiger partial charge in [0.1, 0.15) is 0 Å². The lowest BCUT2D eigenvalue weighted by Gasteiger charge is -2.34. The largest absolute Gasteiger partial charge is 0.397 e. The van der Waals surface area contributed by atoms with Gasteiger partial charge in [0.15, 0.2) is 5.82 Å². The number of nitrogens with zero attached hydrogens (tertiary/aromatic N) is 3. The molecule has 5 rings (SSSR count). The number of amides is 1. The van der Waals surface area contributed by atoms with E-state index in [1.54, 1.807) is 13.2 Å². The summed E-state index contributed by atoms with van der Waals surface area (Å²) < 4.78 is 1.50. The zero-order valence-electron chi connectivity index (χ0n) is 26.9. The number of benzene rings is 3. The first-order chi connectivity index (χ1) is 21.4. The van der Waals surface area contributed by atoms with Crippen molar-refractivity contribution in [3.63, 3.8) is 0 Å². The van der Waals surface area contributed by atoms with E-state index in [0.29, 0.717) is 34.2 Å².